The first-order chi connectivity index (χ1) is 7.16. The molecule has 0 bridgehead atoms. The Hall–Kier alpha value is -1.71. The van der Waals surface area contributed by atoms with Crippen molar-refractivity contribution in [3.63, 3.8) is 0 Å². The van der Waals surface area contributed by atoms with E-state index in [2.05, 4.69) is 4.90 Å². The van der Waals surface area contributed by atoms with Crippen molar-refractivity contribution in [2.75, 3.05) is 23.7 Å². The smallest absolute Gasteiger partial charge is 0.222 e. The molecule has 1 saturated heterocycles. The third-order valence-electron chi connectivity index (χ3n) is 2.85. The maximum Gasteiger partial charge on any atom is 0.222 e. The molecule has 1 aliphatic rings. The first-order valence-corrected chi connectivity index (χ1v) is 5.06. The SMILES string of the molecule is NC(=O)C1CCN(c2ccc(N)cc2)C1. The maximum atomic E-state index is 11.0. The molecular formula is C11H15N3O. The number of hydrogen-bond donors (Lipinski definition) is 2. The predicted octanol–water partition coefficient (Wildman–Crippen LogP) is 0.580. The van der Waals surface area contributed by atoms with E-state index in [0.717, 1.165) is 30.9 Å². The number of nitrogens with two attached hydrogens (primary N) is 2. The summed E-state index contributed by atoms with van der Waals surface area (Å²) in [5.74, 6) is -0.213. The van der Waals surface area contributed by atoms with E-state index in [0.29, 0.717) is 0 Å². The van der Waals surface area contributed by atoms with Crippen molar-refractivity contribution in [1.29, 1.82) is 0 Å². The van der Waals surface area contributed by atoms with Crippen LogP contribution in [0.25, 0.3) is 0 Å². The molecule has 0 aliphatic carbocycles. The Bertz CT molecular complexity index is 361. The highest BCUT2D eigenvalue weighted by Gasteiger charge is 2.26. The van der Waals surface area contributed by atoms with Crippen LogP contribution in [0.2, 0.25) is 0 Å². The highest BCUT2D eigenvalue weighted by molar-refractivity contribution is 5.78. The summed E-state index contributed by atoms with van der Waals surface area (Å²) in [5.41, 5.74) is 12.7. The molecule has 0 spiro atoms. The van der Waals surface area contributed by atoms with Crippen LogP contribution in [0, 0.1) is 5.92 Å². The fourth-order valence-corrected chi connectivity index (χ4v) is 1.91. The average Bonchev–Trinajstić information content (AvgIpc) is 2.68. The molecule has 2 rings (SSSR count). The number of nitrogens with zero attached hydrogens (tertiary/aromatic N) is 1. The zero-order valence-corrected chi connectivity index (χ0v) is 8.52. The van der Waals surface area contributed by atoms with Gasteiger partial charge in [-0.05, 0) is 30.7 Å². The van der Waals surface area contributed by atoms with E-state index in [9.17, 15) is 4.79 Å². The Labute approximate surface area is 88.9 Å². The highest BCUT2D eigenvalue weighted by atomic mass is 16.1. The summed E-state index contributed by atoms with van der Waals surface area (Å²) in [6, 6.07) is 7.68. The Morgan fingerprint density at radius 3 is 2.53 bits per heavy atom. The second-order valence-electron chi connectivity index (χ2n) is 3.93. The topological polar surface area (TPSA) is 72.4 Å². The Morgan fingerprint density at radius 2 is 2.00 bits per heavy atom. The van der Waals surface area contributed by atoms with Crippen LogP contribution < -0.4 is 16.4 Å². The number of rotatable bonds is 2. The fourth-order valence-electron chi connectivity index (χ4n) is 1.91. The lowest BCUT2D eigenvalue weighted by atomic mass is 10.1. The van der Waals surface area contributed by atoms with Crippen LogP contribution in [-0.2, 0) is 4.79 Å². The molecule has 0 radical (unpaired) electrons. The number of anilines is 2. The normalized spacial score (nSPS) is 20.5. The molecule has 15 heavy (non-hydrogen) atoms. The average molecular weight is 205 g/mol. The van der Waals surface area contributed by atoms with E-state index in [1.54, 1.807) is 0 Å². The third-order valence-corrected chi connectivity index (χ3v) is 2.85. The second-order valence-corrected chi connectivity index (χ2v) is 3.93. The molecule has 0 saturated carbocycles. The van der Waals surface area contributed by atoms with Crippen molar-refractivity contribution in [2.45, 2.75) is 6.42 Å². The Morgan fingerprint density at radius 1 is 1.33 bits per heavy atom. The van der Waals surface area contributed by atoms with Crippen LogP contribution >= 0.6 is 0 Å². The van der Waals surface area contributed by atoms with Gasteiger partial charge in [0.15, 0.2) is 0 Å². The van der Waals surface area contributed by atoms with Crippen molar-refractivity contribution >= 4 is 17.3 Å². The van der Waals surface area contributed by atoms with Crippen LogP contribution in [0.5, 0.6) is 0 Å². The summed E-state index contributed by atoms with van der Waals surface area (Å²) < 4.78 is 0. The lowest BCUT2D eigenvalue weighted by molar-refractivity contribution is -0.121. The number of hydrogen-bond acceptors (Lipinski definition) is 3. The molecule has 1 fully saturated rings. The summed E-state index contributed by atoms with van der Waals surface area (Å²) in [7, 11) is 0. The van der Waals surface area contributed by atoms with Gasteiger partial charge in [-0.1, -0.05) is 0 Å². The Kier molecular flexibility index (Phi) is 2.49. The zero-order valence-electron chi connectivity index (χ0n) is 8.52. The molecule has 1 aliphatic heterocycles. The van der Waals surface area contributed by atoms with Crippen LogP contribution in [0.15, 0.2) is 24.3 Å². The van der Waals surface area contributed by atoms with Crippen molar-refractivity contribution < 1.29 is 4.79 Å². The number of nitrogen functional groups attached to an aromatic ring is 1. The van der Waals surface area contributed by atoms with Crippen molar-refractivity contribution in [1.82, 2.24) is 0 Å². The van der Waals surface area contributed by atoms with Crippen molar-refractivity contribution in [3.8, 4) is 0 Å². The van der Waals surface area contributed by atoms with E-state index in [1.807, 2.05) is 24.3 Å². The number of carbonyl (C=O) groups excluding carboxylic acids is 1. The van der Waals surface area contributed by atoms with Gasteiger partial charge in [-0.25, -0.2) is 0 Å². The van der Waals surface area contributed by atoms with Gasteiger partial charge in [0.1, 0.15) is 0 Å². The minimum atomic E-state index is -0.201. The van der Waals surface area contributed by atoms with Gasteiger partial charge in [-0.2, -0.15) is 0 Å². The van der Waals surface area contributed by atoms with Crippen LogP contribution in [0.1, 0.15) is 6.42 Å². The predicted molar refractivity (Wildman–Crippen MR) is 60.4 cm³/mol. The second kappa shape index (κ2) is 3.81. The van der Waals surface area contributed by atoms with Gasteiger partial charge in [0, 0.05) is 24.5 Å². The number of carbonyl (C=O) groups is 1. The molecule has 0 aromatic heterocycles. The van der Waals surface area contributed by atoms with E-state index < -0.39 is 0 Å². The number of primary amides is 1. The van der Waals surface area contributed by atoms with E-state index in [-0.39, 0.29) is 11.8 Å². The van der Waals surface area contributed by atoms with Gasteiger partial charge in [-0.15, -0.1) is 0 Å². The van der Waals surface area contributed by atoms with E-state index >= 15 is 0 Å². The molecular weight excluding hydrogens is 190 g/mol. The molecule has 4 nitrogen and oxygen atoms in total. The van der Waals surface area contributed by atoms with Gasteiger partial charge in [0.25, 0.3) is 0 Å². The largest absolute Gasteiger partial charge is 0.399 e. The molecule has 1 aromatic rings. The first kappa shape index (κ1) is 9.83. The summed E-state index contributed by atoms with van der Waals surface area (Å²) in [6.07, 6.45) is 0.847. The molecule has 4 heteroatoms. The minimum absolute atomic E-state index is 0.0115. The van der Waals surface area contributed by atoms with Gasteiger partial charge in [0.05, 0.1) is 5.92 Å². The fraction of sp³-hybridized carbons (Fsp3) is 0.364. The Balaban J connectivity index is 2.07. The molecule has 1 amide bonds. The van der Waals surface area contributed by atoms with Gasteiger partial charge >= 0.3 is 0 Å². The quantitative estimate of drug-likeness (QED) is 0.694. The zero-order chi connectivity index (χ0) is 10.8. The number of benzene rings is 1. The van der Waals surface area contributed by atoms with Crippen LogP contribution in [0.4, 0.5) is 11.4 Å². The summed E-state index contributed by atoms with van der Waals surface area (Å²) in [4.78, 5) is 13.2. The number of amides is 1. The van der Waals surface area contributed by atoms with Crippen LogP contribution in [-0.4, -0.2) is 19.0 Å². The standard InChI is InChI=1S/C11H15N3O/c12-9-1-3-10(4-2-9)14-6-5-8(7-14)11(13)15/h1-4,8H,5-7,12H2,(H2,13,15). The summed E-state index contributed by atoms with van der Waals surface area (Å²) in [6.45, 7) is 1.61. The molecule has 1 heterocycles. The van der Waals surface area contributed by atoms with E-state index in [4.69, 9.17) is 11.5 Å². The molecule has 1 aromatic carbocycles. The lowest BCUT2D eigenvalue weighted by Gasteiger charge is -2.18. The molecule has 1 unspecified atom stereocenters. The first-order valence-electron chi connectivity index (χ1n) is 5.06. The monoisotopic (exact) mass is 205 g/mol. The van der Waals surface area contributed by atoms with E-state index in [1.165, 1.54) is 0 Å². The van der Waals surface area contributed by atoms with Gasteiger partial charge in [0.2, 0.25) is 5.91 Å². The van der Waals surface area contributed by atoms with Crippen LogP contribution in [0.3, 0.4) is 0 Å². The molecule has 1 atom stereocenters. The summed E-state index contributed by atoms with van der Waals surface area (Å²) >= 11 is 0. The van der Waals surface area contributed by atoms with Crippen molar-refractivity contribution in [2.24, 2.45) is 11.7 Å². The minimum Gasteiger partial charge on any atom is -0.399 e. The molecule has 4 N–H and O–H groups in total. The maximum absolute atomic E-state index is 11.0. The summed E-state index contributed by atoms with van der Waals surface area (Å²) in [5, 5.41) is 0. The highest BCUT2D eigenvalue weighted by Crippen LogP contribution is 2.24. The third kappa shape index (κ3) is 2.03. The van der Waals surface area contributed by atoms with Crippen molar-refractivity contribution in [3.05, 3.63) is 24.3 Å². The van der Waals surface area contributed by atoms with Gasteiger partial charge in [-0.3, -0.25) is 4.79 Å². The lowest BCUT2D eigenvalue weighted by Crippen LogP contribution is -2.27. The van der Waals surface area contributed by atoms with Gasteiger partial charge < -0.3 is 16.4 Å². The molecule has 80 valence electrons.